The van der Waals surface area contributed by atoms with Gasteiger partial charge in [0.15, 0.2) is 23.2 Å². The molecule has 0 saturated carbocycles. The van der Waals surface area contributed by atoms with E-state index in [1.807, 2.05) is 36.4 Å². The number of hydrogen-bond donors (Lipinski definition) is 1. The number of halogens is 4. The number of ether oxygens (including phenoxy) is 2. The van der Waals surface area contributed by atoms with Crippen LogP contribution in [-0.2, 0) is 0 Å². The Labute approximate surface area is 264 Å². The highest BCUT2D eigenvalue weighted by Gasteiger charge is 2.48. The summed E-state index contributed by atoms with van der Waals surface area (Å²) in [5.41, 5.74) is 2.64. The zero-order valence-corrected chi connectivity index (χ0v) is 25.6. The summed E-state index contributed by atoms with van der Waals surface area (Å²) >= 11 is 6.65. The Morgan fingerprint density at radius 1 is 0.911 bits per heavy atom. The number of methoxy groups -OCH3 is 2. The van der Waals surface area contributed by atoms with E-state index in [1.54, 1.807) is 23.1 Å². The Hall–Kier alpha value is -4.22. The Balaban J connectivity index is 1.24. The number of fused-ring (bicyclic) bond motifs is 1. The maximum absolute atomic E-state index is 14.4. The predicted molar refractivity (Wildman–Crippen MR) is 165 cm³/mol. The van der Waals surface area contributed by atoms with Crippen LogP contribution in [0.4, 0.5) is 19.0 Å². The smallest absolute Gasteiger partial charge is 0.410 e. The predicted octanol–water partition coefficient (Wildman–Crippen LogP) is 6.76. The highest BCUT2D eigenvalue weighted by molar-refractivity contribution is 6.36. The Morgan fingerprint density at radius 2 is 1.51 bits per heavy atom. The van der Waals surface area contributed by atoms with Crippen LogP contribution in [-0.4, -0.2) is 72.1 Å². The minimum Gasteiger partial charge on any atom is -0.493 e. The Kier molecular flexibility index (Phi) is 8.65. The molecule has 2 aliphatic heterocycles. The van der Waals surface area contributed by atoms with Crippen molar-refractivity contribution in [1.82, 2.24) is 19.6 Å². The van der Waals surface area contributed by atoms with Gasteiger partial charge in [-0.1, -0.05) is 78.3 Å². The molecule has 2 atom stereocenters. The molecule has 1 fully saturated rings. The van der Waals surface area contributed by atoms with Crippen LogP contribution >= 0.6 is 11.6 Å². The number of hydrogen-bond acceptors (Lipinski definition) is 6. The molecule has 12 heteroatoms. The van der Waals surface area contributed by atoms with E-state index in [1.165, 1.54) is 14.2 Å². The molecule has 236 valence electrons. The summed E-state index contributed by atoms with van der Waals surface area (Å²) in [6.07, 6.45) is -4.98. The van der Waals surface area contributed by atoms with Gasteiger partial charge in [-0.2, -0.15) is 18.3 Å². The van der Waals surface area contributed by atoms with Crippen molar-refractivity contribution in [2.24, 2.45) is 0 Å². The quantitative estimate of drug-likeness (QED) is 0.241. The normalized spacial score (nSPS) is 18.8. The number of alkyl halides is 3. The first-order chi connectivity index (χ1) is 21.7. The van der Waals surface area contributed by atoms with Crippen LogP contribution in [0, 0.1) is 0 Å². The SMILES string of the molecule is COc1ccc(C2CC(C(F)(F)F)n3nc(C(=O)N4CCN(C(c5ccccc5)c5ccccc5)CC4)c(Cl)c3N2)cc1OC. The fourth-order valence-corrected chi connectivity index (χ4v) is 6.49. The van der Waals surface area contributed by atoms with Crippen molar-refractivity contribution < 1.29 is 27.4 Å². The largest absolute Gasteiger partial charge is 0.493 e. The second kappa shape index (κ2) is 12.6. The van der Waals surface area contributed by atoms with Gasteiger partial charge in [0.25, 0.3) is 5.91 Å². The van der Waals surface area contributed by atoms with E-state index in [0.29, 0.717) is 43.2 Å². The molecule has 0 bridgehead atoms. The summed E-state index contributed by atoms with van der Waals surface area (Å²) < 4.78 is 54.6. The molecule has 0 spiro atoms. The van der Waals surface area contributed by atoms with Crippen LogP contribution in [0.5, 0.6) is 11.5 Å². The van der Waals surface area contributed by atoms with E-state index in [-0.39, 0.29) is 29.0 Å². The molecule has 45 heavy (non-hydrogen) atoms. The minimum atomic E-state index is -4.63. The van der Waals surface area contributed by atoms with Gasteiger partial charge >= 0.3 is 6.18 Å². The fraction of sp³-hybridized carbons (Fsp3) is 0.333. The number of amides is 1. The number of benzene rings is 3. The molecule has 1 saturated heterocycles. The lowest BCUT2D eigenvalue weighted by molar-refractivity contribution is -0.173. The van der Waals surface area contributed by atoms with Crippen LogP contribution in [0.2, 0.25) is 5.02 Å². The van der Waals surface area contributed by atoms with Crippen molar-refractivity contribution in [1.29, 1.82) is 0 Å². The van der Waals surface area contributed by atoms with Gasteiger partial charge < -0.3 is 19.7 Å². The number of carbonyl (C=O) groups is 1. The molecule has 2 aliphatic rings. The van der Waals surface area contributed by atoms with Gasteiger partial charge in [0.05, 0.1) is 26.3 Å². The monoisotopic (exact) mass is 639 g/mol. The summed E-state index contributed by atoms with van der Waals surface area (Å²) in [6, 6.07) is 22.5. The van der Waals surface area contributed by atoms with Crippen molar-refractivity contribution in [2.75, 3.05) is 45.7 Å². The van der Waals surface area contributed by atoms with Crippen molar-refractivity contribution in [3.63, 3.8) is 0 Å². The number of nitrogens with zero attached hydrogens (tertiary/aromatic N) is 4. The molecule has 1 amide bonds. The number of nitrogens with one attached hydrogen (secondary N) is 1. The Bertz CT molecular complexity index is 1600. The van der Waals surface area contributed by atoms with Gasteiger partial charge in [-0.3, -0.25) is 9.69 Å². The van der Waals surface area contributed by atoms with Crippen molar-refractivity contribution in [3.8, 4) is 11.5 Å². The van der Waals surface area contributed by atoms with Crippen LogP contribution in [0.15, 0.2) is 78.9 Å². The lowest BCUT2D eigenvalue weighted by Gasteiger charge is -2.39. The highest BCUT2D eigenvalue weighted by Crippen LogP contribution is 2.47. The first-order valence-corrected chi connectivity index (χ1v) is 15.0. The average Bonchev–Trinajstić information content (AvgIpc) is 3.40. The molecule has 3 heterocycles. The van der Waals surface area contributed by atoms with E-state index >= 15 is 0 Å². The standard InChI is InChI=1S/C33H33ClF3N5O3/c1-44-25-14-13-23(19-26(25)45-2)24-20-27(33(35,36)37)42-31(38-24)28(34)29(39-42)32(43)41-17-15-40(16-18-41)30(21-9-5-3-6-10-21)22-11-7-4-8-12-22/h3-14,19,24,27,30,38H,15-18,20H2,1-2H3. The topological polar surface area (TPSA) is 71.9 Å². The molecule has 6 rings (SSSR count). The van der Waals surface area contributed by atoms with Crippen LogP contribution < -0.4 is 14.8 Å². The summed E-state index contributed by atoms with van der Waals surface area (Å²) in [5, 5.41) is 7.14. The molecule has 8 nitrogen and oxygen atoms in total. The van der Waals surface area contributed by atoms with Gasteiger partial charge in [-0.15, -0.1) is 0 Å². The third-order valence-electron chi connectivity index (χ3n) is 8.51. The van der Waals surface area contributed by atoms with E-state index < -0.39 is 24.2 Å². The molecule has 3 aromatic carbocycles. The molecule has 4 aromatic rings. The molecular formula is C33H33ClF3N5O3. The minimum absolute atomic E-state index is 0.00147. The lowest BCUT2D eigenvalue weighted by Crippen LogP contribution is -2.50. The molecule has 1 N–H and O–H groups in total. The van der Waals surface area contributed by atoms with E-state index in [4.69, 9.17) is 21.1 Å². The van der Waals surface area contributed by atoms with Crippen molar-refractivity contribution >= 4 is 23.3 Å². The van der Waals surface area contributed by atoms with Gasteiger partial charge in [-0.05, 0) is 28.8 Å². The zero-order chi connectivity index (χ0) is 31.7. The first-order valence-electron chi connectivity index (χ1n) is 14.7. The zero-order valence-electron chi connectivity index (χ0n) is 24.8. The van der Waals surface area contributed by atoms with E-state index in [0.717, 1.165) is 15.8 Å². The average molecular weight is 640 g/mol. The molecule has 1 aromatic heterocycles. The number of piperazine rings is 1. The second-order valence-corrected chi connectivity index (χ2v) is 11.5. The van der Waals surface area contributed by atoms with E-state index in [9.17, 15) is 18.0 Å². The summed E-state index contributed by atoms with van der Waals surface area (Å²) in [7, 11) is 2.94. The summed E-state index contributed by atoms with van der Waals surface area (Å²) in [6.45, 7) is 1.88. The number of rotatable bonds is 7. The second-order valence-electron chi connectivity index (χ2n) is 11.1. The lowest BCUT2D eigenvalue weighted by atomic mass is 9.96. The maximum atomic E-state index is 14.4. The number of anilines is 1. The van der Waals surface area contributed by atoms with E-state index in [2.05, 4.69) is 39.6 Å². The summed E-state index contributed by atoms with van der Waals surface area (Å²) in [5.74, 6) is 0.310. The van der Waals surface area contributed by atoms with Gasteiger partial charge in [0.2, 0.25) is 0 Å². The third kappa shape index (κ3) is 6.06. The van der Waals surface area contributed by atoms with Gasteiger partial charge in [0, 0.05) is 32.6 Å². The first kappa shape index (κ1) is 30.8. The number of aromatic nitrogens is 2. The summed E-state index contributed by atoms with van der Waals surface area (Å²) in [4.78, 5) is 17.6. The van der Waals surface area contributed by atoms with Gasteiger partial charge in [0.1, 0.15) is 10.8 Å². The van der Waals surface area contributed by atoms with Crippen LogP contribution in [0.3, 0.4) is 0 Å². The Morgan fingerprint density at radius 3 is 2.07 bits per heavy atom. The maximum Gasteiger partial charge on any atom is 0.410 e. The van der Waals surface area contributed by atoms with Crippen LogP contribution in [0.1, 0.15) is 51.7 Å². The van der Waals surface area contributed by atoms with Crippen molar-refractivity contribution in [3.05, 3.63) is 106 Å². The number of carbonyl (C=O) groups excluding carboxylic acids is 1. The third-order valence-corrected chi connectivity index (χ3v) is 8.86. The van der Waals surface area contributed by atoms with Gasteiger partial charge in [-0.25, -0.2) is 4.68 Å². The molecular weight excluding hydrogens is 607 g/mol. The fourth-order valence-electron chi connectivity index (χ4n) is 6.23. The highest BCUT2D eigenvalue weighted by atomic mass is 35.5. The molecule has 2 unspecified atom stereocenters. The molecule has 0 radical (unpaired) electrons. The van der Waals surface area contributed by atoms with Crippen molar-refractivity contribution in [2.45, 2.75) is 30.7 Å². The van der Waals surface area contributed by atoms with Crippen LogP contribution in [0.25, 0.3) is 0 Å². The molecule has 0 aliphatic carbocycles.